The van der Waals surface area contributed by atoms with Crippen molar-refractivity contribution in [1.82, 2.24) is 19.6 Å². The first-order valence-corrected chi connectivity index (χ1v) is 11.2. The molecule has 0 atom stereocenters. The summed E-state index contributed by atoms with van der Waals surface area (Å²) in [6.07, 6.45) is 0. The lowest BCUT2D eigenvalue weighted by molar-refractivity contribution is -0.140. The van der Waals surface area contributed by atoms with Gasteiger partial charge in [-0.2, -0.15) is 0 Å². The van der Waals surface area contributed by atoms with Crippen molar-refractivity contribution >= 4 is 23.7 Å². The summed E-state index contributed by atoms with van der Waals surface area (Å²) in [5.74, 6) is -2.95. The summed E-state index contributed by atoms with van der Waals surface area (Å²) in [5.41, 5.74) is 0. The number of rotatable bonds is 8. The molecule has 0 unspecified atom stereocenters. The van der Waals surface area contributed by atoms with Gasteiger partial charge >= 0.3 is 17.9 Å². The molecule has 0 aromatic carbocycles. The third-order valence-corrected chi connectivity index (χ3v) is 4.45. The zero-order valence-corrected chi connectivity index (χ0v) is 20.2. The smallest absolute Gasteiger partial charge is 0.317 e. The Morgan fingerprint density at radius 1 is 0.500 bits per heavy atom. The SMILES string of the molecule is CC.CC.CC(=O)CN1CCN(CC(=O)O)CCN(CC(=O)O)CCN(CC(=O)O)CC1. The minimum atomic E-state index is -0.991. The average molecular weight is 463 g/mol. The standard InChI is InChI=1S/C17H30N4O7.2C2H6/c1-14(22)10-18-2-4-19(11-15(23)24)6-8-21(13-17(27)28)9-7-20(5-3-18)12-16(25)26;2*1-2/h2-13H2,1H3,(H,23,24)(H,25,26)(H,27,28);2*1-2H3. The Morgan fingerprint density at radius 2 is 0.688 bits per heavy atom. The number of hydrogen-bond donors (Lipinski definition) is 3. The zero-order chi connectivity index (χ0) is 25.1. The Bertz CT molecular complexity index is 448. The Kier molecular flexibility index (Phi) is 19.7. The molecule has 0 amide bonds. The Labute approximate surface area is 191 Å². The first kappa shape index (κ1) is 32.1. The first-order valence-electron chi connectivity index (χ1n) is 11.2. The molecule has 1 fully saturated rings. The molecule has 32 heavy (non-hydrogen) atoms. The molecule has 1 heterocycles. The van der Waals surface area contributed by atoms with E-state index in [9.17, 15) is 19.2 Å². The largest absolute Gasteiger partial charge is 0.480 e. The molecule has 0 aromatic rings. The maximum atomic E-state index is 11.5. The van der Waals surface area contributed by atoms with E-state index < -0.39 is 17.9 Å². The lowest BCUT2D eigenvalue weighted by Gasteiger charge is -2.32. The van der Waals surface area contributed by atoms with Crippen molar-refractivity contribution in [2.24, 2.45) is 0 Å². The van der Waals surface area contributed by atoms with E-state index in [2.05, 4.69) is 0 Å². The van der Waals surface area contributed by atoms with Gasteiger partial charge in [-0.1, -0.05) is 27.7 Å². The summed E-state index contributed by atoms with van der Waals surface area (Å²) in [5, 5.41) is 27.3. The number of nitrogens with zero attached hydrogens (tertiary/aromatic N) is 4. The van der Waals surface area contributed by atoms with Crippen LogP contribution in [0.15, 0.2) is 0 Å². The highest BCUT2D eigenvalue weighted by atomic mass is 16.4. The second kappa shape index (κ2) is 19.6. The van der Waals surface area contributed by atoms with Crippen molar-refractivity contribution in [2.75, 3.05) is 78.5 Å². The fraction of sp³-hybridized carbons (Fsp3) is 0.810. The normalized spacial score (nSPS) is 17.4. The Hall–Kier alpha value is -2.08. The van der Waals surface area contributed by atoms with Gasteiger partial charge in [-0.05, 0) is 6.92 Å². The number of aliphatic carboxylic acids is 3. The second-order valence-corrected chi connectivity index (χ2v) is 6.99. The van der Waals surface area contributed by atoms with Gasteiger partial charge in [0, 0.05) is 52.4 Å². The van der Waals surface area contributed by atoms with Crippen LogP contribution in [0.3, 0.4) is 0 Å². The Morgan fingerprint density at radius 3 is 0.844 bits per heavy atom. The molecule has 1 aliphatic rings. The Balaban J connectivity index is 0. The number of carboxylic acid groups (broad SMARTS) is 3. The van der Waals surface area contributed by atoms with Gasteiger partial charge in [0.25, 0.3) is 0 Å². The molecular formula is C21H42N4O7. The van der Waals surface area contributed by atoms with Gasteiger partial charge in [-0.3, -0.25) is 38.8 Å². The van der Waals surface area contributed by atoms with Gasteiger partial charge in [-0.25, -0.2) is 0 Å². The summed E-state index contributed by atoms with van der Waals surface area (Å²) in [7, 11) is 0. The molecule has 0 bridgehead atoms. The van der Waals surface area contributed by atoms with E-state index in [0.717, 1.165) is 0 Å². The van der Waals surface area contributed by atoms with Crippen LogP contribution < -0.4 is 0 Å². The van der Waals surface area contributed by atoms with Crippen molar-refractivity contribution in [3.8, 4) is 0 Å². The van der Waals surface area contributed by atoms with E-state index in [1.807, 2.05) is 32.6 Å². The van der Waals surface area contributed by atoms with E-state index in [1.165, 1.54) is 6.92 Å². The fourth-order valence-electron chi connectivity index (χ4n) is 3.10. The summed E-state index contributed by atoms with van der Waals surface area (Å²) < 4.78 is 0. The molecule has 0 spiro atoms. The highest BCUT2D eigenvalue weighted by Crippen LogP contribution is 2.01. The minimum absolute atomic E-state index is 0.0192. The van der Waals surface area contributed by atoms with Crippen LogP contribution in [-0.2, 0) is 19.2 Å². The van der Waals surface area contributed by atoms with Crippen LogP contribution in [0.5, 0.6) is 0 Å². The van der Waals surface area contributed by atoms with Gasteiger partial charge in [0.15, 0.2) is 0 Å². The van der Waals surface area contributed by atoms with Crippen molar-refractivity contribution in [3.63, 3.8) is 0 Å². The predicted octanol–water partition coefficient (Wildman–Crippen LogP) is 0.103. The molecule has 188 valence electrons. The molecule has 11 heteroatoms. The highest BCUT2D eigenvalue weighted by Gasteiger charge is 2.20. The average Bonchev–Trinajstić information content (AvgIpc) is 2.71. The van der Waals surface area contributed by atoms with Gasteiger partial charge in [-0.15, -0.1) is 0 Å². The van der Waals surface area contributed by atoms with E-state index >= 15 is 0 Å². The molecule has 11 nitrogen and oxygen atoms in total. The topological polar surface area (TPSA) is 142 Å². The zero-order valence-electron chi connectivity index (χ0n) is 20.2. The van der Waals surface area contributed by atoms with Crippen LogP contribution in [0.25, 0.3) is 0 Å². The third-order valence-electron chi connectivity index (χ3n) is 4.45. The van der Waals surface area contributed by atoms with Gasteiger partial charge in [0.05, 0.1) is 26.2 Å². The minimum Gasteiger partial charge on any atom is -0.480 e. The van der Waals surface area contributed by atoms with Crippen LogP contribution in [0.4, 0.5) is 0 Å². The van der Waals surface area contributed by atoms with E-state index in [-0.39, 0.29) is 32.0 Å². The maximum Gasteiger partial charge on any atom is 0.317 e. The fourth-order valence-corrected chi connectivity index (χ4v) is 3.10. The summed E-state index contributed by atoms with van der Waals surface area (Å²) in [4.78, 5) is 51.9. The van der Waals surface area contributed by atoms with Crippen LogP contribution in [0.1, 0.15) is 34.6 Å². The quantitative estimate of drug-likeness (QED) is 0.452. The molecule has 1 rings (SSSR count). The van der Waals surface area contributed by atoms with Gasteiger partial charge < -0.3 is 15.3 Å². The van der Waals surface area contributed by atoms with Crippen LogP contribution >= 0.6 is 0 Å². The number of hydrogen-bond acceptors (Lipinski definition) is 8. The van der Waals surface area contributed by atoms with E-state index in [4.69, 9.17) is 15.3 Å². The molecule has 0 aliphatic carbocycles. The highest BCUT2D eigenvalue weighted by molar-refractivity contribution is 5.77. The predicted molar refractivity (Wildman–Crippen MR) is 122 cm³/mol. The van der Waals surface area contributed by atoms with Crippen molar-refractivity contribution in [2.45, 2.75) is 34.6 Å². The summed E-state index contributed by atoms with van der Waals surface area (Å²) in [6, 6.07) is 0. The van der Waals surface area contributed by atoms with Crippen LogP contribution in [0.2, 0.25) is 0 Å². The monoisotopic (exact) mass is 462 g/mol. The lowest BCUT2D eigenvalue weighted by atomic mass is 10.3. The summed E-state index contributed by atoms with van der Waals surface area (Å²) in [6.45, 7) is 12.4. The first-order chi connectivity index (χ1) is 15.2. The van der Waals surface area contributed by atoms with Gasteiger partial charge in [0.2, 0.25) is 0 Å². The number of carboxylic acids is 3. The molecule has 3 N–H and O–H groups in total. The van der Waals surface area contributed by atoms with Gasteiger partial charge in [0.1, 0.15) is 5.78 Å². The molecule has 0 radical (unpaired) electrons. The summed E-state index contributed by atoms with van der Waals surface area (Å²) >= 11 is 0. The molecular weight excluding hydrogens is 420 g/mol. The molecule has 1 aliphatic heterocycles. The van der Waals surface area contributed by atoms with Crippen molar-refractivity contribution < 1.29 is 34.5 Å². The number of ketones is 1. The molecule has 0 aromatic heterocycles. The molecule has 1 saturated heterocycles. The number of carbonyl (C=O) groups excluding carboxylic acids is 1. The number of carbonyl (C=O) groups is 4. The maximum absolute atomic E-state index is 11.5. The number of Topliss-reactive ketones (excluding diaryl/α,β-unsaturated/α-hetero) is 1. The van der Waals surface area contributed by atoms with Crippen molar-refractivity contribution in [3.05, 3.63) is 0 Å². The lowest BCUT2D eigenvalue weighted by Crippen LogP contribution is -2.49. The van der Waals surface area contributed by atoms with Crippen molar-refractivity contribution in [1.29, 1.82) is 0 Å². The second-order valence-electron chi connectivity index (χ2n) is 6.99. The van der Waals surface area contributed by atoms with E-state index in [0.29, 0.717) is 52.4 Å². The third kappa shape index (κ3) is 17.6. The van der Waals surface area contributed by atoms with Crippen LogP contribution in [0, 0.1) is 0 Å². The van der Waals surface area contributed by atoms with Crippen LogP contribution in [-0.4, -0.2) is 137 Å². The van der Waals surface area contributed by atoms with E-state index in [1.54, 1.807) is 14.7 Å². The molecule has 0 saturated carbocycles.